The largest absolute Gasteiger partial charge is 2.00 e. The van der Waals surface area contributed by atoms with Gasteiger partial charge in [-0.25, -0.2) is 4.70 Å². The third-order valence-corrected chi connectivity index (χ3v) is 9.08. The molecule has 2 aromatic carbocycles. The molecule has 1 heterocycles. The molecule has 0 saturated carbocycles. The van der Waals surface area contributed by atoms with E-state index in [0.29, 0.717) is 0 Å². The molecular weight excluding hydrogens is 639 g/mol. The van der Waals surface area contributed by atoms with Crippen molar-refractivity contribution in [1.82, 2.24) is 0 Å². The summed E-state index contributed by atoms with van der Waals surface area (Å²) in [7, 11) is 0. The van der Waals surface area contributed by atoms with Crippen LogP contribution in [-0.2, 0) is 58.9 Å². The van der Waals surface area contributed by atoms with Gasteiger partial charge >= 0.3 is 20.4 Å². The Kier molecular flexibility index (Phi) is 22.5. The molecule has 0 saturated heterocycles. The Labute approximate surface area is 293 Å². The van der Waals surface area contributed by atoms with E-state index in [9.17, 15) is 5.53 Å². The van der Waals surface area contributed by atoms with Gasteiger partial charge in [0.1, 0.15) is 0 Å². The van der Waals surface area contributed by atoms with Gasteiger partial charge in [-0.2, -0.15) is 0 Å². The summed E-state index contributed by atoms with van der Waals surface area (Å²) in [4.78, 5) is 0. The number of rotatable bonds is 20. The number of hydrogen-bond donors (Lipinski definition) is 0. The van der Waals surface area contributed by atoms with Crippen LogP contribution in [0.15, 0.2) is 36.4 Å². The molecule has 3 heteroatoms. The summed E-state index contributed by atoms with van der Waals surface area (Å²) in [5.74, 6) is 0. The normalized spacial score (nSPS) is 12.3. The Morgan fingerprint density at radius 1 is 0.444 bits per heavy atom. The van der Waals surface area contributed by atoms with Crippen molar-refractivity contribution in [2.24, 2.45) is 0 Å². The first-order chi connectivity index (χ1) is 20.5. The predicted octanol–water partition coefficient (Wildman–Crippen LogP) is 13.1. The van der Waals surface area contributed by atoms with Gasteiger partial charge in [0.2, 0.25) is 11.4 Å². The summed E-state index contributed by atoms with van der Waals surface area (Å²) in [6.45, 7) is 13.7. The van der Waals surface area contributed by atoms with E-state index in [0.717, 1.165) is 48.2 Å². The Hall–Kier alpha value is -1.82. The zero-order chi connectivity index (χ0) is 30.3. The molecule has 254 valence electrons. The van der Waals surface area contributed by atoms with Crippen LogP contribution in [0.25, 0.3) is 16.9 Å². The standard InChI is InChI=1S/C40H60N2.2CH3.Pd/c1-7-13-19-31-27-35(28-32(20-14-8-2)37(31)23-17-11-5)39-25-26-40(42(39)41)36-29-33(21-15-9-3)38(24-18-12-6)34(30-36)22-16-10-4;;;/h25-30H,7-24H2,1-6H3;2*1H3;/q;2*-1;+2. The molecule has 1 aliphatic rings. The van der Waals surface area contributed by atoms with Gasteiger partial charge in [0.05, 0.1) is 0 Å². The van der Waals surface area contributed by atoms with Crippen molar-refractivity contribution in [3.05, 3.63) is 101 Å². The van der Waals surface area contributed by atoms with Crippen LogP contribution in [0.1, 0.15) is 163 Å². The van der Waals surface area contributed by atoms with Crippen LogP contribution in [-0.4, -0.2) is 4.70 Å². The van der Waals surface area contributed by atoms with Gasteiger partial charge in [0, 0.05) is 23.3 Å². The van der Waals surface area contributed by atoms with Gasteiger partial charge in [-0.05, 0) is 135 Å². The Balaban J connectivity index is 0.00000645. The second-order valence-corrected chi connectivity index (χ2v) is 12.6. The van der Waals surface area contributed by atoms with Gasteiger partial charge in [-0.15, -0.1) is 0 Å². The third-order valence-electron chi connectivity index (χ3n) is 9.08. The van der Waals surface area contributed by atoms with Crippen molar-refractivity contribution in [3.8, 4) is 0 Å². The van der Waals surface area contributed by atoms with Crippen molar-refractivity contribution >= 4 is 11.4 Å². The van der Waals surface area contributed by atoms with E-state index in [1.54, 1.807) is 11.1 Å². The minimum atomic E-state index is 0. The van der Waals surface area contributed by atoms with Crippen LogP contribution < -0.4 is 0 Å². The van der Waals surface area contributed by atoms with E-state index >= 15 is 0 Å². The summed E-state index contributed by atoms with van der Waals surface area (Å²) in [6.07, 6.45) is 25.8. The van der Waals surface area contributed by atoms with Crippen LogP contribution in [0, 0.1) is 14.9 Å². The summed E-state index contributed by atoms with van der Waals surface area (Å²) in [5.41, 5.74) is 25.1. The number of unbranched alkanes of at least 4 members (excludes halogenated alkanes) is 6. The second-order valence-electron chi connectivity index (χ2n) is 12.6. The molecule has 0 aliphatic carbocycles. The van der Waals surface area contributed by atoms with Crippen LogP contribution in [0.5, 0.6) is 0 Å². The molecule has 45 heavy (non-hydrogen) atoms. The number of hydrogen-bond acceptors (Lipinski definition) is 0. The average molecular weight is 705 g/mol. The number of allylic oxidation sites excluding steroid dienone is 2. The molecule has 2 nitrogen and oxygen atoms in total. The van der Waals surface area contributed by atoms with Crippen molar-refractivity contribution in [2.75, 3.05) is 0 Å². The molecule has 0 spiro atoms. The molecule has 1 aliphatic heterocycles. The number of aryl methyl sites for hydroxylation is 4. The molecule has 0 fully saturated rings. The van der Waals surface area contributed by atoms with E-state index in [4.69, 9.17) is 0 Å². The monoisotopic (exact) mass is 704 g/mol. The molecule has 0 aromatic heterocycles. The van der Waals surface area contributed by atoms with Gasteiger partial charge in [-0.3, -0.25) is 0 Å². The molecule has 0 amide bonds. The quantitative estimate of drug-likeness (QED) is 0.0745. The second kappa shape index (κ2) is 23.5. The zero-order valence-electron chi connectivity index (χ0n) is 30.4. The first-order valence-electron chi connectivity index (χ1n) is 17.7. The van der Waals surface area contributed by atoms with E-state index in [1.807, 2.05) is 0 Å². The molecule has 3 rings (SSSR count). The summed E-state index contributed by atoms with van der Waals surface area (Å²) in [5, 5.41) is 0. The van der Waals surface area contributed by atoms with Gasteiger partial charge in [-0.1, -0.05) is 80.1 Å². The Bertz CT molecular complexity index is 1070. The molecule has 2 aromatic rings. The molecular formula is C42H66N2Pd. The van der Waals surface area contributed by atoms with E-state index in [1.165, 1.54) is 117 Å². The third kappa shape index (κ3) is 12.0. The average Bonchev–Trinajstić information content (AvgIpc) is 3.39. The van der Waals surface area contributed by atoms with Crippen molar-refractivity contribution in [2.45, 2.75) is 157 Å². The number of nitrogens with zero attached hydrogens (tertiary/aromatic N) is 2. The fraction of sp³-hybridized carbons (Fsp3) is 0.571. The topological polar surface area (TPSA) is 25.3 Å². The van der Waals surface area contributed by atoms with Gasteiger partial charge in [0.25, 0.3) is 0 Å². The van der Waals surface area contributed by atoms with Gasteiger partial charge < -0.3 is 20.4 Å². The van der Waals surface area contributed by atoms with E-state index in [2.05, 4.69) is 78.0 Å². The summed E-state index contributed by atoms with van der Waals surface area (Å²) in [6, 6.07) is 9.59. The number of benzene rings is 2. The molecule has 0 unspecified atom stereocenters. The zero-order valence-corrected chi connectivity index (χ0v) is 32.0. The van der Waals surface area contributed by atoms with Crippen LogP contribution >= 0.6 is 0 Å². The molecule has 0 bridgehead atoms. The summed E-state index contributed by atoms with van der Waals surface area (Å²) >= 11 is 0. The van der Waals surface area contributed by atoms with Crippen LogP contribution in [0.3, 0.4) is 0 Å². The maximum Gasteiger partial charge on any atom is 2.00 e. The smallest absolute Gasteiger partial charge is 0.493 e. The minimum Gasteiger partial charge on any atom is -0.493 e. The van der Waals surface area contributed by atoms with Gasteiger partial charge in [0.15, 0.2) is 0 Å². The van der Waals surface area contributed by atoms with Crippen LogP contribution in [0.2, 0.25) is 0 Å². The SMILES string of the molecule is CCCCc1cc(C2=CC=C(c3cc(CCCC)c(CCCC)c(CCCC)c3)[N+]2=[N-])cc(CCCC)c1CCCC.[CH3-].[CH3-].[Pd+2]. The molecule has 0 atom stereocenters. The molecule has 0 radical (unpaired) electrons. The van der Waals surface area contributed by atoms with E-state index in [-0.39, 0.29) is 35.3 Å². The van der Waals surface area contributed by atoms with Crippen molar-refractivity contribution < 1.29 is 25.1 Å². The van der Waals surface area contributed by atoms with Crippen LogP contribution in [0.4, 0.5) is 0 Å². The first-order valence-corrected chi connectivity index (χ1v) is 17.7. The first kappa shape index (κ1) is 43.2. The Morgan fingerprint density at radius 3 is 0.933 bits per heavy atom. The maximum absolute atomic E-state index is 11.7. The fourth-order valence-electron chi connectivity index (χ4n) is 6.47. The molecule has 0 N–H and O–H groups in total. The van der Waals surface area contributed by atoms with Crippen molar-refractivity contribution in [3.63, 3.8) is 0 Å². The minimum absolute atomic E-state index is 0. The van der Waals surface area contributed by atoms with Crippen molar-refractivity contribution in [1.29, 1.82) is 0 Å². The summed E-state index contributed by atoms with van der Waals surface area (Å²) < 4.78 is 1.49. The van der Waals surface area contributed by atoms with E-state index < -0.39 is 0 Å². The Morgan fingerprint density at radius 2 is 0.689 bits per heavy atom. The fourth-order valence-corrected chi connectivity index (χ4v) is 6.47. The predicted molar refractivity (Wildman–Crippen MR) is 197 cm³/mol. The maximum atomic E-state index is 11.7.